The van der Waals surface area contributed by atoms with Crippen molar-refractivity contribution in [3.05, 3.63) is 17.7 Å². The molecule has 0 saturated heterocycles. The van der Waals surface area contributed by atoms with Crippen LogP contribution in [0.4, 0.5) is 0 Å². The average molecular weight is 167 g/mol. The third kappa shape index (κ3) is 1.47. The first kappa shape index (κ1) is 8.77. The van der Waals surface area contributed by atoms with Gasteiger partial charge in [0.05, 0.1) is 6.20 Å². The van der Waals surface area contributed by atoms with Crippen LogP contribution in [0.2, 0.25) is 0 Å². The first-order valence-electron chi connectivity index (χ1n) is 3.97. The van der Waals surface area contributed by atoms with E-state index in [1.54, 1.807) is 11.6 Å². The molecule has 0 fully saturated rings. The fraction of sp³-hybridized carbons (Fsp3) is 0.500. The minimum Gasteiger partial charge on any atom is -0.364 e. The summed E-state index contributed by atoms with van der Waals surface area (Å²) in [4.78, 5) is 14.9. The zero-order valence-corrected chi connectivity index (χ0v) is 7.37. The Labute approximate surface area is 71.4 Å². The largest absolute Gasteiger partial charge is 0.364 e. The van der Waals surface area contributed by atoms with Gasteiger partial charge in [0, 0.05) is 13.5 Å². The summed E-state index contributed by atoms with van der Waals surface area (Å²) in [5, 5.41) is 0. The van der Waals surface area contributed by atoms with E-state index in [4.69, 9.17) is 5.73 Å². The van der Waals surface area contributed by atoms with E-state index in [2.05, 4.69) is 11.9 Å². The van der Waals surface area contributed by atoms with E-state index in [0.29, 0.717) is 5.69 Å². The van der Waals surface area contributed by atoms with Crippen LogP contribution in [0.15, 0.2) is 6.20 Å². The number of carbonyl (C=O) groups excluding carboxylic acids is 1. The fourth-order valence-corrected chi connectivity index (χ4v) is 1.13. The molecular weight excluding hydrogens is 154 g/mol. The summed E-state index contributed by atoms with van der Waals surface area (Å²) < 4.78 is 1.74. The Balaban J connectivity index is 2.96. The highest BCUT2D eigenvalue weighted by Crippen LogP contribution is 2.04. The van der Waals surface area contributed by atoms with Gasteiger partial charge in [0.2, 0.25) is 0 Å². The van der Waals surface area contributed by atoms with Crippen molar-refractivity contribution in [1.82, 2.24) is 9.55 Å². The summed E-state index contributed by atoms with van der Waals surface area (Å²) in [6.07, 6.45) is 3.42. The summed E-state index contributed by atoms with van der Waals surface area (Å²) in [5.41, 5.74) is 5.60. The lowest BCUT2D eigenvalue weighted by Crippen LogP contribution is -2.16. The molecule has 4 nitrogen and oxygen atoms in total. The third-order valence-electron chi connectivity index (χ3n) is 1.81. The molecule has 0 radical (unpaired) electrons. The third-order valence-corrected chi connectivity index (χ3v) is 1.81. The van der Waals surface area contributed by atoms with Crippen molar-refractivity contribution in [1.29, 1.82) is 0 Å². The number of hydrogen-bond donors (Lipinski definition) is 1. The predicted octanol–water partition coefficient (Wildman–Crippen LogP) is 0.471. The van der Waals surface area contributed by atoms with Crippen LogP contribution in [0.1, 0.15) is 29.7 Å². The number of nitrogens with two attached hydrogens (primary N) is 1. The van der Waals surface area contributed by atoms with E-state index >= 15 is 0 Å². The summed E-state index contributed by atoms with van der Waals surface area (Å²) in [6, 6.07) is 0. The lowest BCUT2D eigenvalue weighted by Gasteiger charge is -2.00. The van der Waals surface area contributed by atoms with Crippen molar-refractivity contribution in [2.24, 2.45) is 12.8 Å². The van der Waals surface area contributed by atoms with Gasteiger partial charge in [0.15, 0.2) is 0 Å². The summed E-state index contributed by atoms with van der Waals surface area (Å²) >= 11 is 0. The number of primary amides is 1. The zero-order chi connectivity index (χ0) is 9.14. The Morgan fingerprint density at radius 1 is 1.75 bits per heavy atom. The first-order valence-corrected chi connectivity index (χ1v) is 3.97. The molecule has 0 bridgehead atoms. The van der Waals surface area contributed by atoms with E-state index in [-0.39, 0.29) is 0 Å². The van der Waals surface area contributed by atoms with Crippen LogP contribution >= 0.6 is 0 Å². The fourth-order valence-electron chi connectivity index (χ4n) is 1.13. The number of carbonyl (C=O) groups is 1. The number of aryl methyl sites for hydroxylation is 1. The minimum atomic E-state index is -0.424. The van der Waals surface area contributed by atoms with Gasteiger partial charge in [-0.1, -0.05) is 6.92 Å². The van der Waals surface area contributed by atoms with Crippen molar-refractivity contribution >= 4 is 5.91 Å². The van der Waals surface area contributed by atoms with Crippen molar-refractivity contribution in [3.8, 4) is 0 Å². The van der Waals surface area contributed by atoms with E-state index < -0.39 is 5.91 Å². The highest BCUT2D eigenvalue weighted by atomic mass is 16.1. The maximum atomic E-state index is 10.8. The SMILES string of the molecule is CCCc1ncc(C(N)=O)n1C. The topological polar surface area (TPSA) is 60.9 Å². The van der Waals surface area contributed by atoms with E-state index in [1.807, 2.05) is 0 Å². The summed E-state index contributed by atoms with van der Waals surface area (Å²) in [7, 11) is 1.80. The van der Waals surface area contributed by atoms with Gasteiger partial charge in [-0.2, -0.15) is 0 Å². The van der Waals surface area contributed by atoms with Crippen molar-refractivity contribution < 1.29 is 4.79 Å². The van der Waals surface area contributed by atoms with Crippen LogP contribution in [0.25, 0.3) is 0 Å². The van der Waals surface area contributed by atoms with Crippen LogP contribution in [0, 0.1) is 0 Å². The van der Waals surface area contributed by atoms with Gasteiger partial charge < -0.3 is 10.3 Å². The van der Waals surface area contributed by atoms with Crippen molar-refractivity contribution in [2.75, 3.05) is 0 Å². The highest BCUT2D eigenvalue weighted by molar-refractivity contribution is 5.90. The second-order valence-electron chi connectivity index (χ2n) is 2.73. The van der Waals surface area contributed by atoms with Gasteiger partial charge >= 0.3 is 0 Å². The number of hydrogen-bond acceptors (Lipinski definition) is 2. The maximum absolute atomic E-state index is 10.8. The molecule has 0 aliphatic rings. The summed E-state index contributed by atoms with van der Waals surface area (Å²) in [5.74, 6) is 0.485. The molecule has 0 spiro atoms. The van der Waals surface area contributed by atoms with E-state index in [9.17, 15) is 4.79 Å². The Kier molecular flexibility index (Phi) is 2.47. The van der Waals surface area contributed by atoms with Gasteiger partial charge in [-0.25, -0.2) is 4.98 Å². The Morgan fingerprint density at radius 2 is 2.42 bits per heavy atom. The lowest BCUT2D eigenvalue weighted by molar-refractivity contribution is 0.0992. The second kappa shape index (κ2) is 3.38. The molecule has 66 valence electrons. The van der Waals surface area contributed by atoms with Gasteiger partial charge in [0.25, 0.3) is 5.91 Å². The standard InChI is InChI=1S/C8H13N3O/c1-3-4-7-10-5-6(8(9)12)11(7)2/h5H,3-4H2,1-2H3,(H2,9,12). The maximum Gasteiger partial charge on any atom is 0.266 e. The number of nitrogens with zero attached hydrogens (tertiary/aromatic N) is 2. The molecule has 1 aromatic rings. The normalized spacial score (nSPS) is 10.2. The molecule has 4 heteroatoms. The quantitative estimate of drug-likeness (QED) is 0.711. The van der Waals surface area contributed by atoms with Crippen LogP contribution < -0.4 is 5.73 Å². The zero-order valence-electron chi connectivity index (χ0n) is 7.37. The van der Waals surface area contributed by atoms with E-state index in [1.165, 1.54) is 6.20 Å². The Hall–Kier alpha value is -1.32. The molecule has 0 aliphatic carbocycles. The van der Waals surface area contributed by atoms with Crippen molar-refractivity contribution in [2.45, 2.75) is 19.8 Å². The van der Waals surface area contributed by atoms with Crippen LogP contribution in [0.5, 0.6) is 0 Å². The molecule has 0 atom stereocenters. The number of amides is 1. The van der Waals surface area contributed by atoms with Gasteiger partial charge in [-0.05, 0) is 6.42 Å². The van der Waals surface area contributed by atoms with Gasteiger partial charge in [0.1, 0.15) is 11.5 Å². The number of aromatic nitrogens is 2. The molecule has 0 aromatic carbocycles. The lowest BCUT2D eigenvalue weighted by atomic mass is 10.3. The molecule has 2 N–H and O–H groups in total. The van der Waals surface area contributed by atoms with E-state index in [0.717, 1.165) is 18.7 Å². The Bertz CT molecular complexity index is 290. The van der Waals surface area contributed by atoms with Crippen molar-refractivity contribution in [3.63, 3.8) is 0 Å². The first-order chi connectivity index (χ1) is 5.66. The Morgan fingerprint density at radius 3 is 2.83 bits per heavy atom. The minimum absolute atomic E-state index is 0.424. The molecule has 12 heavy (non-hydrogen) atoms. The van der Waals surface area contributed by atoms with Crippen LogP contribution in [-0.4, -0.2) is 15.5 Å². The molecule has 0 saturated carbocycles. The van der Waals surface area contributed by atoms with Gasteiger partial charge in [-0.3, -0.25) is 4.79 Å². The molecule has 0 unspecified atom stereocenters. The highest BCUT2D eigenvalue weighted by Gasteiger charge is 2.09. The smallest absolute Gasteiger partial charge is 0.266 e. The molecule has 0 aliphatic heterocycles. The summed E-state index contributed by atoms with van der Waals surface area (Å²) in [6.45, 7) is 2.07. The second-order valence-corrected chi connectivity index (χ2v) is 2.73. The van der Waals surface area contributed by atoms with Gasteiger partial charge in [-0.15, -0.1) is 0 Å². The molecular formula is C8H13N3O. The number of rotatable bonds is 3. The monoisotopic (exact) mass is 167 g/mol. The average Bonchev–Trinajstić information content (AvgIpc) is 2.34. The van der Waals surface area contributed by atoms with Crippen LogP contribution in [0.3, 0.4) is 0 Å². The van der Waals surface area contributed by atoms with Crippen LogP contribution in [-0.2, 0) is 13.5 Å². The molecule has 1 heterocycles. The molecule has 1 aromatic heterocycles. The number of imidazole rings is 1. The molecule has 1 amide bonds. The predicted molar refractivity (Wildman–Crippen MR) is 45.7 cm³/mol. The molecule has 1 rings (SSSR count).